The molecule has 1 N–H and O–H groups in total. The second kappa shape index (κ2) is 3.59. The Morgan fingerprint density at radius 3 is 2.36 bits per heavy atom. The fourth-order valence-corrected chi connectivity index (χ4v) is 2.01. The van der Waals surface area contributed by atoms with E-state index in [0.717, 1.165) is 0 Å². The highest BCUT2D eigenvalue weighted by molar-refractivity contribution is 5.82. The van der Waals surface area contributed by atoms with Crippen molar-refractivity contribution in [2.75, 3.05) is 0 Å². The molecule has 0 spiro atoms. The zero-order chi connectivity index (χ0) is 10.9. The molecule has 4 nitrogen and oxygen atoms in total. The summed E-state index contributed by atoms with van der Waals surface area (Å²) in [5.41, 5.74) is -0.429. The average Bonchev–Trinajstić information content (AvgIpc) is 2.31. The lowest BCUT2D eigenvalue weighted by molar-refractivity contribution is -0.117. The molecule has 0 radical (unpaired) electrons. The lowest BCUT2D eigenvalue weighted by Crippen LogP contribution is -2.50. The van der Waals surface area contributed by atoms with Crippen LogP contribution in [0.2, 0.25) is 0 Å². The second-order valence-corrected chi connectivity index (χ2v) is 4.76. The summed E-state index contributed by atoms with van der Waals surface area (Å²) in [5, 5.41) is 9.07. The van der Waals surface area contributed by atoms with Crippen LogP contribution >= 0.6 is 0 Å². The van der Waals surface area contributed by atoms with Crippen LogP contribution in [0.1, 0.15) is 40.0 Å². The maximum absolute atomic E-state index is 11.1. The highest BCUT2D eigenvalue weighted by atomic mass is 16.4. The van der Waals surface area contributed by atoms with Gasteiger partial charge in [-0.1, -0.05) is 0 Å². The summed E-state index contributed by atoms with van der Waals surface area (Å²) in [6.07, 6.45) is 0.633. The molecular formula is C10H17NO3. The lowest BCUT2D eigenvalue weighted by atomic mass is 10.0. The first-order valence-electron chi connectivity index (χ1n) is 4.86. The molecule has 0 unspecified atom stereocenters. The Labute approximate surface area is 83.9 Å². The van der Waals surface area contributed by atoms with E-state index >= 15 is 0 Å². The number of rotatable bonds is 1. The van der Waals surface area contributed by atoms with Crippen LogP contribution in [0.25, 0.3) is 0 Å². The average molecular weight is 199 g/mol. The van der Waals surface area contributed by atoms with Crippen LogP contribution in [-0.4, -0.2) is 33.5 Å². The van der Waals surface area contributed by atoms with E-state index < -0.39 is 11.6 Å². The normalized spacial score (nSPS) is 22.5. The summed E-state index contributed by atoms with van der Waals surface area (Å²) in [5.74, 6) is 0.172. The third-order valence-electron chi connectivity index (χ3n) is 2.51. The van der Waals surface area contributed by atoms with Gasteiger partial charge in [0, 0.05) is 24.4 Å². The second-order valence-electron chi connectivity index (χ2n) is 4.76. The quantitative estimate of drug-likeness (QED) is 0.701. The minimum atomic E-state index is -0.933. The SMILES string of the molecule is CC(C)(C)N(C(=O)O)[C@H]1CCC(=O)C1. The van der Waals surface area contributed by atoms with Gasteiger partial charge in [0.15, 0.2) is 0 Å². The van der Waals surface area contributed by atoms with E-state index in [9.17, 15) is 9.59 Å². The predicted molar refractivity (Wildman–Crippen MR) is 52.3 cm³/mol. The van der Waals surface area contributed by atoms with Gasteiger partial charge in [0.1, 0.15) is 5.78 Å². The van der Waals surface area contributed by atoms with Gasteiger partial charge in [0.05, 0.1) is 0 Å². The van der Waals surface area contributed by atoms with Crippen LogP contribution in [0.5, 0.6) is 0 Å². The molecule has 14 heavy (non-hydrogen) atoms. The standard InChI is InChI=1S/C10H17NO3/c1-10(2,3)11(9(13)14)7-4-5-8(12)6-7/h7H,4-6H2,1-3H3,(H,13,14)/t7-/m0/s1. The van der Waals surface area contributed by atoms with Gasteiger partial charge in [-0.3, -0.25) is 4.79 Å². The van der Waals surface area contributed by atoms with Crippen LogP contribution in [0.15, 0.2) is 0 Å². The largest absolute Gasteiger partial charge is 0.465 e. The van der Waals surface area contributed by atoms with E-state index in [-0.39, 0.29) is 11.8 Å². The number of carbonyl (C=O) groups excluding carboxylic acids is 1. The maximum atomic E-state index is 11.1. The molecule has 0 aromatic carbocycles. The molecule has 1 amide bonds. The predicted octanol–water partition coefficient (Wildman–Crippen LogP) is 1.89. The van der Waals surface area contributed by atoms with Crippen LogP contribution in [-0.2, 0) is 4.79 Å². The monoisotopic (exact) mass is 199 g/mol. The Hall–Kier alpha value is -1.06. The third kappa shape index (κ3) is 2.25. The molecule has 0 aromatic heterocycles. The summed E-state index contributed by atoms with van der Waals surface area (Å²) >= 11 is 0. The molecular weight excluding hydrogens is 182 g/mol. The first kappa shape index (κ1) is 11.0. The number of carbonyl (C=O) groups is 2. The highest BCUT2D eigenvalue weighted by Crippen LogP contribution is 2.27. The van der Waals surface area contributed by atoms with Crippen molar-refractivity contribution in [2.45, 2.75) is 51.6 Å². The van der Waals surface area contributed by atoms with Crippen molar-refractivity contribution >= 4 is 11.9 Å². The van der Waals surface area contributed by atoms with Crippen LogP contribution in [0.4, 0.5) is 4.79 Å². The van der Waals surface area contributed by atoms with Gasteiger partial charge in [-0.05, 0) is 27.2 Å². The number of hydrogen-bond donors (Lipinski definition) is 1. The smallest absolute Gasteiger partial charge is 0.407 e. The van der Waals surface area contributed by atoms with Crippen LogP contribution in [0.3, 0.4) is 0 Å². The van der Waals surface area contributed by atoms with Crippen molar-refractivity contribution in [3.8, 4) is 0 Å². The topological polar surface area (TPSA) is 57.6 Å². The van der Waals surface area contributed by atoms with Crippen LogP contribution in [0, 0.1) is 0 Å². The molecule has 1 fully saturated rings. The number of Topliss-reactive ketones (excluding diaryl/α,β-unsaturated/α-hetero) is 1. The molecule has 1 rings (SSSR count). The Morgan fingerprint density at radius 2 is 2.07 bits per heavy atom. The van der Waals surface area contributed by atoms with Crippen molar-refractivity contribution < 1.29 is 14.7 Å². The number of carboxylic acid groups (broad SMARTS) is 1. The molecule has 0 aromatic rings. The van der Waals surface area contributed by atoms with Crippen molar-refractivity contribution in [3.63, 3.8) is 0 Å². The number of hydrogen-bond acceptors (Lipinski definition) is 2. The lowest BCUT2D eigenvalue weighted by Gasteiger charge is -2.37. The van der Waals surface area contributed by atoms with E-state index in [2.05, 4.69) is 0 Å². The summed E-state index contributed by atoms with van der Waals surface area (Å²) in [7, 11) is 0. The van der Waals surface area contributed by atoms with E-state index in [1.807, 2.05) is 20.8 Å². The fraction of sp³-hybridized carbons (Fsp3) is 0.800. The molecule has 0 aliphatic heterocycles. The van der Waals surface area contributed by atoms with E-state index in [0.29, 0.717) is 19.3 Å². The first-order valence-corrected chi connectivity index (χ1v) is 4.86. The van der Waals surface area contributed by atoms with Gasteiger partial charge >= 0.3 is 6.09 Å². The summed E-state index contributed by atoms with van der Waals surface area (Å²) in [6, 6.07) is -0.125. The van der Waals surface area contributed by atoms with Crippen molar-refractivity contribution in [2.24, 2.45) is 0 Å². The Balaban J connectivity index is 2.79. The molecule has 0 saturated heterocycles. The Morgan fingerprint density at radius 1 is 1.50 bits per heavy atom. The number of nitrogens with zero attached hydrogens (tertiary/aromatic N) is 1. The van der Waals surface area contributed by atoms with Gasteiger partial charge in [-0.2, -0.15) is 0 Å². The summed E-state index contributed by atoms with van der Waals surface area (Å²) in [4.78, 5) is 23.5. The molecule has 80 valence electrons. The molecule has 1 aliphatic carbocycles. The van der Waals surface area contributed by atoms with E-state index in [4.69, 9.17) is 5.11 Å². The van der Waals surface area contributed by atoms with Gasteiger partial charge in [-0.15, -0.1) is 0 Å². The fourth-order valence-electron chi connectivity index (χ4n) is 2.01. The van der Waals surface area contributed by atoms with Crippen molar-refractivity contribution in [1.29, 1.82) is 0 Å². The first-order chi connectivity index (χ1) is 6.32. The van der Waals surface area contributed by atoms with E-state index in [1.54, 1.807) is 0 Å². The molecule has 0 bridgehead atoms. The zero-order valence-corrected chi connectivity index (χ0v) is 8.91. The third-order valence-corrected chi connectivity index (χ3v) is 2.51. The van der Waals surface area contributed by atoms with E-state index in [1.165, 1.54) is 4.90 Å². The number of amides is 1. The highest BCUT2D eigenvalue weighted by Gasteiger charge is 2.37. The zero-order valence-electron chi connectivity index (χ0n) is 8.91. The van der Waals surface area contributed by atoms with Crippen LogP contribution < -0.4 is 0 Å². The molecule has 1 aliphatic rings. The molecule has 0 heterocycles. The molecule has 1 atom stereocenters. The molecule has 4 heteroatoms. The van der Waals surface area contributed by atoms with Crippen molar-refractivity contribution in [3.05, 3.63) is 0 Å². The van der Waals surface area contributed by atoms with Gasteiger partial charge in [-0.25, -0.2) is 4.79 Å². The van der Waals surface area contributed by atoms with Gasteiger partial charge in [0.2, 0.25) is 0 Å². The summed E-state index contributed by atoms with van der Waals surface area (Å²) in [6.45, 7) is 5.55. The Bertz CT molecular complexity index is 255. The van der Waals surface area contributed by atoms with Gasteiger partial charge in [0.25, 0.3) is 0 Å². The minimum absolute atomic E-state index is 0.125. The van der Waals surface area contributed by atoms with Gasteiger partial charge < -0.3 is 10.0 Å². The number of ketones is 1. The minimum Gasteiger partial charge on any atom is -0.465 e. The van der Waals surface area contributed by atoms with Crippen molar-refractivity contribution in [1.82, 2.24) is 4.90 Å². The summed E-state index contributed by atoms with van der Waals surface area (Å²) < 4.78 is 0. The Kier molecular flexibility index (Phi) is 2.83. The maximum Gasteiger partial charge on any atom is 0.407 e. The molecule has 1 saturated carbocycles.